The standard InChI is InChI=1S/C22H20N2O4/c1-27-22(26)14-6-7-17-15(10-14)16-12-24(9-8-18(16)23-17)21(25)20-11-13-4-2-3-5-19(13)28-20/h2-7,10,20,23H,8-9,11-12H2,1H3/t20-/m1/s1. The molecule has 2 aliphatic heterocycles. The summed E-state index contributed by atoms with van der Waals surface area (Å²) < 4.78 is 10.7. The normalized spacial score (nSPS) is 17.8. The lowest BCUT2D eigenvalue weighted by molar-refractivity contribution is -0.138. The summed E-state index contributed by atoms with van der Waals surface area (Å²) in [5.41, 5.74) is 4.74. The zero-order valence-corrected chi connectivity index (χ0v) is 15.5. The summed E-state index contributed by atoms with van der Waals surface area (Å²) in [6, 6.07) is 13.3. The molecule has 142 valence electrons. The summed E-state index contributed by atoms with van der Waals surface area (Å²) in [6.45, 7) is 1.16. The first-order chi connectivity index (χ1) is 13.6. The summed E-state index contributed by atoms with van der Waals surface area (Å²) >= 11 is 0. The van der Waals surface area contributed by atoms with Crippen LogP contribution in [0.15, 0.2) is 42.5 Å². The van der Waals surface area contributed by atoms with Crippen LogP contribution in [0.3, 0.4) is 0 Å². The summed E-state index contributed by atoms with van der Waals surface area (Å²) in [5, 5.41) is 0.964. The van der Waals surface area contributed by atoms with Gasteiger partial charge in [0.1, 0.15) is 5.75 Å². The van der Waals surface area contributed by atoms with Gasteiger partial charge in [-0.2, -0.15) is 0 Å². The van der Waals surface area contributed by atoms with Crippen molar-refractivity contribution < 1.29 is 19.1 Å². The number of H-pyrrole nitrogens is 1. The first-order valence-corrected chi connectivity index (χ1v) is 9.39. The van der Waals surface area contributed by atoms with Gasteiger partial charge in [0, 0.05) is 48.1 Å². The lowest BCUT2D eigenvalue weighted by Crippen LogP contribution is -2.43. The number of esters is 1. The van der Waals surface area contributed by atoms with Gasteiger partial charge < -0.3 is 19.4 Å². The van der Waals surface area contributed by atoms with Crippen molar-refractivity contribution >= 4 is 22.8 Å². The Kier molecular flexibility index (Phi) is 3.86. The maximum absolute atomic E-state index is 13.1. The number of methoxy groups -OCH3 is 1. The third-order valence-electron chi connectivity index (χ3n) is 5.63. The summed E-state index contributed by atoms with van der Waals surface area (Å²) in [6.07, 6.45) is 0.900. The van der Waals surface area contributed by atoms with E-state index in [1.54, 1.807) is 6.07 Å². The lowest BCUT2D eigenvalue weighted by Gasteiger charge is -2.29. The van der Waals surface area contributed by atoms with Gasteiger partial charge in [-0.1, -0.05) is 18.2 Å². The largest absolute Gasteiger partial charge is 0.480 e. The number of para-hydroxylation sites is 1. The maximum Gasteiger partial charge on any atom is 0.337 e. The van der Waals surface area contributed by atoms with Gasteiger partial charge in [-0.15, -0.1) is 0 Å². The smallest absolute Gasteiger partial charge is 0.337 e. The maximum atomic E-state index is 13.1. The molecule has 0 spiro atoms. The molecule has 5 rings (SSSR count). The fraction of sp³-hybridized carbons (Fsp3) is 0.273. The number of nitrogens with one attached hydrogen (secondary N) is 1. The Balaban J connectivity index is 1.41. The number of amides is 1. The molecule has 28 heavy (non-hydrogen) atoms. The second-order valence-corrected chi connectivity index (χ2v) is 7.26. The number of rotatable bonds is 2. The summed E-state index contributed by atoms with van der Waals surface area (Å²) in [4.78, 5) is 30.2. The van der Waals surface area contributed by atoms with Crippen LogP contribution >= 0.6 is 0 Å². The second-order valence-electron chi connectivity index (χ2n) is 7.26. The topological polar surface area (TPSA) is 71.6 Å². The minimum Gasteiger partial charge on any atom is -0.480 e. The number of aromatic amines is 1. The van der Waals surface area contributed by atoms with Gasteiger partial charge in [0.25, 0.3) is 5.91 Å². The van der Waals surface area contributed by atoms with Crippen molar-refractivity contribution in [2.24, 2.45) is 0 Å². The first kappa shape index (κ1) is 16.9. The van der Waals surface area contributed by atoms with Gasteiger partial charge >= 0.3 is 5.97 Å². The Hall–Kier alpha value is -3.28. The van der Waals surface area contributed by atoms with Gasteiger partial charge in [0.05, 0.1) is 12.7 Å². The number of ether oxygens (including phenoxy) is 2. The van der Waals surface area contributed by atoms with E-state index in [4.69, 9.17) is 9.47 Å². The molecule has 3 heterocycles. The van der Waals surface area contributed by atoms with E-state index in [1.165, 1.54) is 7.11 Å². The minimum atomic E-state index is -0.463. The number of aromatic nitrogens is 1. The highest BCUT2D eigenvalue weighted by Crippen LogP contribution is 2.32. The van der Waals surface area contributed by atoms with E-state index in [2.05, 4.69) is 4.98 Å². The molecule has 1 aromatic heterocycles. The van der Waals surface area contributed by atoms with Crippen molar-refractivity contribution in [2.45, 2.75) is 25.5 Å². The number of carbonyl (C=O) groups is 2. The van der Waals surface area contributed by atoms with Crippen LogP contribution in [0.4, 0.5) is 0 Å². The highest BCUT2D eigenvalue weighted by atomic mass is 16.5. The molecule has 0 saturated heterocycles. The summed E-state index contributed by atoms with van der Waals surface area (Å²) in [7, 11) is 1.37. The third-order valence-corrected chi connectivity index (χ3v) is 5.63. The van der Waals surface area contributed by atoms with E-state index in [0.29, 0.717) is 25.1 Å². The van der Waals surface area contributed by atoms with Crippen molar-refractivity contribution in [1.82, 2.24) is 9.88 Å². The molecule has 1 atom stereocenters. The molecular weight excluding hydrogens is 356 g/mol. The zero-order valence-electron chi connectivity index (χ0n) is 15.5. The fourth-order valence-corrected chi connectivity index (χ4v) is 4.17. The number of fused-ring (bicyclic) bond motifs is 4. The molecule has 0 fully saturated rings. The van der Waals surface area contributed by atoms with E-state index < -0.39 is 6.10 Å². The Morgan fingerprint density at radius 1 is 1.21 bits per heavy atom. The SMILES string of the molecule is COC(=O)c1ccc2[nH]c3c(c2c1)CN(C(=O)[C@H]1Cc2ccccc2O1)CC3. The Bertz CT molecular complexity index is 1080. The van der Waals surface area contributed by atoms with E-state index >= 15 is 0 Å². The van der Waals surface area contributed by atoms with E-state index in [1.807, 2.05) is 41.3 Å². The van der Waals surface area contributed by atoms with Crippen LogP contribution in [0.25, 0.3) is 10.9 Å². The Morgan fingerprint density at radius 3 is 2.89 bits per heavy atom. The molecule has 0 saturated carbocycles. The molecule has 6 heteroatoms. The molecule has 0 aliphatic carbocycles. The molecule has 3 aromatic rings. The summed E-state index contributed by atoms with van der Waals surface area (Å²) in [5.74, 6) is 0.450. The van der Waals surface area contributed by atoms with Gasteiger partial charge in [0.15, 0.2) is 6.10 Å². The van der Waals surface area contributed by atoms with Crippen LogP contribution in [-0.2, 0) is 28.9 Å². The fourth-order valence-electron chi connectivity index (χ4n) is 4.17. The monoisotopic (exact) mass is 376 g/mol. The molecule has 2 aromatic carbocycles. The van der Waals surface area contributed by atoms with Crippen molar-refractivity contribution in [3.8, 4) is 5.75 Å². The average Bonchev–Trinajstić information content (AvgIpc) is 3.33. The van der Waals surface area contributed by atoms with Crippen LogP contribution in [0.1, 0.15) is 27.2 Å². The average molecular weight is 376 g/mol. The van der Waals surface area contributed by atoms with Gasteiger partial charge in [-0.05, 0) is 29.8 Å². The Labute approximate surface area is 162 Å². The minimum absolute atomic E-state index is 0.0142. The third kappa shape index (κ3) is 2.64. The highest BCUT2D eigenvalue weighted by molar-refractivity contribution is 5.96. The molecule has 0 radical (unpaired) electrons. The second kappa shape index (κ2) is 6.41. The van der Waals surface area contributed by atoms with E-state index in [9.17, 15) is 9.59 Å². The molecule has 0 unspecified atom stereocenters. The van der Waals surface area contributed by atoms with Gasteiger partial charge in [0.2, 0.25) is 0 Å². The number of carbonyl (C=O) groups excluding carboxylic acids is 2. The molecule has 6 nitrogen and oxygen atoms in total. The quantitative estimate of drug-likeness (QED) is 0.698. The van der Waals surface area contributed by atoms with Crippen molar-refractivity contribution in [3.63, 3.8) is 0 Å². The van der Waals surface area contributed by atoms with Gasteiger partial charge in [-0.25, -0.2) is 4.79 Å². The van der Waals surface area contributed by atoms with Crippen molar-refractivity contribution in [3.05, 3.63) is 64.8 Å². The predicted octanol–water partition coefficient (Wildman–Crippen LogP) is 2.84. The van der Waals surface area contributed by atoms with Crippen LogP contribution in [0.5, 0.6) is 5.75 Å². The molecule has 2 aliphatic rings. The molecule has 1 amide bonds. The van der Waals surface area contributed by atoms with Crippen LogP contribution in [0, 0.1) is 0 Å². The number of hydrogen-bond acceptors (Lipinski definition) is 4. The van der Waals surface area contributed by atoms with E-state index in [-0.39, 0.29) is 11.9 Å². The highest BCUT2D eigenvalue weighted by Gasteiger charge is 2.34. The number of hydrogen-bond donors (Lipinski definition) is 1. The molecule has 1 N–H and O–H groups in total. The Morgan fingerprint density at radius 2 is 2.07 bits per heavy atom. The zero-order chi connectivity index (χ0) is 19.3. The number of nitrogens with zero attached hydrogens (tertiary/aromatic N) is 1. The van der Waals surface area contributed by atoms with Gasteiger partial charge in [-0.3, -0.25) is 4.79 Å². The van der Waals surface area contributed by atoms with Crippen LogP contribution < -0.4 is 4.74 Å². The molecule has 0 bridgehead atoms. The predicted molar refractivity (Wildman–Crippen MR) is 103 cm³/mol. The first-order valence-electron chi connectivity index (χ1n) is 9.39. The molecular formula is C22H20N2O4. The van der Waals surface area contributed by atoms with Crippen molar-refractivity contribution in [2.75, 3.05) is 13.7 Å². The van der Waals surface area contributed by atoms with E-state index in [0.717, 1.165) is 39.9 Å². The van der Waals surface area contributed by atoms with Crippen LogP contribution in [0.2, 0.25) is 0 Å². The van der Waals surface area contributed by atoms with Crippen LogP contribution in [-0.4, -0.2) is 41.5 Å². The number of benzene rings is 2. The lowest BCUT2D eigenvalue weighted by atomic mass is 10.0. The van der Waals surface area contributed by atoms with Crippen molar-refractivity contribution in [1.29, 1.82) is 0 Å².